The highest BCUT2D eigenvalue weighted by Gasteiger charge is 2.17. The van der Waals surface area contributed by atoms with Crippen LogP contribution in [0.1, 0.15) is 19.8 Å². The van der Waals surface area contributed by atoms with Crippen molar-refractivity contribution in [3.63, 3.8) is 0 Å². The van der Waals surface area contributed by atoms with Crippen LogP contribution in [-0.4, -0.2) is 43.6 Å². The molecule has 1 aliphatic carbocycles. The first-order chi connectivity index (χ1) is 8.69. The summed E-state index contributed by atoms with van der Waals surface area (Å²) >= 11 is 0. The molecule has 0 aromatic heterocycles. The number of rotatable bonds is 3. The number of aliphatic imine (C=N–C) groups is 2. The smallest absolute Gasteiger partial charge is 0.202 e. The van der Waals surface area contributed by atoms with E-state index >= 15 is 0 Å². The molecule has 0 spiro atoms. The van der Waals surface area contributed by atoms with Gasteiger partial charge in [0, 0.05) is 20.6 Å². The lowest BCUT2D eigenvalue weighted by Gasteiger charge is -2.29. The molecular formula is C13H21N5. The van der Waals surface area contributed by atoms with Gasteiger partial charge in [0.15, 0.2) is 5.96 Å². The van der Waals surface area contributed by atoms with Crippen LogP contribution in [0.5, 0.6) is 0 Å². The van der Waals surface area contributed by atoms with E-state index in [-0.39, 0.29) is 6.17 Å². The SMILES string of the molecule is CN=C1NC(N(C)CCC2=CCC=C2)=NC(C)N1. The highest BCUT2D eigenvalue weighted by atomic mass is 15.4. The maximum Gasteiger partial charge on any atom is 0.202 e. The van der Waals surface area contributed by atoms with Crippen LogP contribution in [-0.2, 0) is 0 Å². The molecular weight excluding hydrogens is 226 g/mol. The Morgan fingerprint density at radius 1 is 1.56 bits per heavy atom. The van der Waals surface area contributed by atoms with Crippen molar-refractivity contribution >= 4 is 11.9 Å². The summed E-state index contributed by atoms with van der Waals surface area (Å²) in [4.78, 5) is 10.8. The lowest BCUT2D eigenvalue weighted by Crippen LogP contribution is -2.54. The van der Waals surface area contributed by atoms with E-state index in [4.69, 9.17) is 0 Å². The first-order valence-corrected chi connectivity index (χ1v) is 6.34. The zero-order valence-corrected chi connectivity index (χ0v) is 11.3. The van der Waals surface area contributed by atoms with E-state index in [0.29, 0.717) is 0 Å². The van der Waals surface area contributed by atoms with Crippen LogP contribution in [0, 0.1) is 0 Å². The number of guanidine groups is 2. The van der Waals surface area contributed by atoms with Crippen LogP contribution in [0.15, 0.2) is 33.8 Å². The first-order valence-electron chi connectivity index (χ1n) is 6.34. The fourth-order valence-electron chi connectivity index (χ4n) is 2.00. The largest absolute Gasteiger partial charge is 0.345 e. The van der Waals surface area contributed by atoms with Crippen molar-refractivity contribution < 1.29 is 0 Å². The lowest BCUT2D eigenvalue weighted by atomic mass is 10.2. The second-order valence-corrected chi connectivity index (χ2v) is 4.56. The van der Waals surface area contributed by atoms with E-state index in [1.54, 1.807) is 7.05 Å². The van der Waals surface area contributed by atoms with Gasteiger partial charge in [-0.15, -0.1) is 0 Å². The van der Waals surface area contributed by atoms with Gasteiger partial charge in [-0.2, -0.15) is 0 Å². The van der Waals surface area contributed by atoms with Crippen molar-refractivity contribution in [1.29, 1.82) is 0 Å². The molecule has 2 aliphatic rings. The Balaban J connectivity index is 1.91. The maximum absolute atomic E-state index is 4.53. The molecule has 1 unspecified atom stereocenters. The van der Waals surface area contributed by atoms with E-state index < -0.39 is 0 Å². The standard InChI is InChI=1S/C13H21N5/c1-10-15-12(14-2)17-13(16-10)18(3)9-8-11-6-4-5-7-11/h4,6-7,10H,5,8-9H2,1-3H3,(H2,14,15,16,17). The van der Waals surface area contributed by atoms with E-state index in [1.807, 2.05) is 6.92 Å². The second kappa shape index (κ2) is 5.71. The van der Waals surface area contributed by atoms with Gasteiger partial charge in [-0.1, -0.05) is 23.8 Å². The normalized spacial score (nSPS) is 24.4. The molecule has 18 heavy (non-hydrogen) atoms. The van der Waals surface area contributed by atoms with Crippen LogP contribution >= 0.6 is 0 Å². The minimum Gasteiger partial charge on any atom is -0.345 e. The van der Waals surface area contributed by atoms with Gasteiger partial charge in [0.05, 0.1) is 0 Å². The summed E-state index contributed by atoms with van der Waals surface area (Å²) in [7, 11) is 3.81. The lowest BCUT2D eigenvalue weighted by molar-refractivity contribution is 0.480. The monoisotopic (exact) mass is 247 g/mol. The van der Waals surface area contributed by atoms with Gasteiger partial charge in [-0.05, 0) is 19.8 Å². The summed E-state index contributed by atoms with van der Waals surface area (Å²) in [6.45, 7) is 2.97. The molecule has 0 saturated carbocycles. The molecule has 2 N–H and O–H groups in total. The third-order valence-electron chi connectivity index (χ3n) is 3.06. The van der Waals surface area contributed by atoms with E-state index in [2.05, 4.69) is 50.8 Å². The topological polar surface area (TPSA) is 52.0 Å². The zero-order valence-electron chi connectivity index (χ0n) is 11.3. The van der Waals surface area contributed by atoms with E-state index in [9.17, 15) is 0 Å². The molecule has 0 amide bonds. The molecule has 0 fully saturated rings. The van der Waals surface area contributed by atoms with Crippen LogP contribution in [0.25, 0.3) is 0 Å². The fraction of sp³-hybridized carbons (Fsp3) is 0.538. The van der Waals surface area contributed by atoms with Crippen LogP contribution in [0.2, 0.25) is 0 Å². The molecule has 0 bridgehead atoms. The Labute approximate surface area is 108 Å². The van der Waals surface area contributed by atoms with Crippen LogP contribution in [0.3, 0.4) is 0 Å². The van der Waals surface area contributed by atoms with Gasteiger partial charge in [0.2, 0.25) is 5.96 Å². The van der Waals surface area contributed by atoms with Gasteiger partial charge in [0.1, 0.15) is 6.17 Å². The maximum atomic E-state index is 4.53. The van der Waals surface area contributed by atoms with Crippen molar-refractivity contribution in [3.8, 4) is 0 Å². The van der Waals surface area contributed by atoms with Gasteiger partial charge in [0.25, 0.3) is 0 Å². The molecule has 1 atom stereocenters. The number of nitrogens with zero attached hydrogens (tertiary/aromatic N) is 3. The number of hydrogen-bond donors (Lipinski definition) is 2. The molecule has 0 aromatic carbocycles. The van der Waals surface area contributed by atoms with Crippen molar-refractivity contribution in [3.05, 3.63) is 23.8 Å². The molecule has 5 heteroatoms. The Morgan fingerprint density at radius 3 is 3.06 bits per heavy atom. The van der Waals surface area contributed by atoms with Crippen LogP contribution in [0.4, 0.5) is 0 Å². The van der Waals surface area contributed by atoms with Gasteiger partial charge in [-0.3, -0.25) is 10.3 Å². The molecule has 1 heterocycles. The van der Waals surface area contributed by atoms with Crippen molar-refractivity contribution in [1.82, 2.24) is 15.5 Å². The Morgan fingerprint density at radius 2 is 2.39 bits per heavy atom. The predicted octanol–water partition coefficient (Wildman–Crippen LogP) is 1.08. The number of hydrogen-bond acceptors (Lipinski definition) is 3. The first kappa shape index (κ1) is 12.7. The molecule has 0 saturated heterocycles. The summed E-state index contributed by atoms with van der Waals surface area (Å²) in [6, 6.07) is 0. The van der Waals surface area contributed by atoms with Gasteiger partial charge < -0.3 is 10.2 Å². The third-order valence-corrected chi connectivity index (χ3v) is 3.06. The summed E-state index contributed by atoms with van der Waals surface area (Å²) in [6.07, 6.45) is 8.85. The van der Waals surface area contributed by atoms with Gasteiger partial charge >= 0.3 is 0 Å². The molecule has 0 aromatic rings. The average Bonchev–Trinajstić information content (AvgIpc) is 2.88. The average molecular weight is 247 g/mol. The summed E-state index contributed by atoms with van der Waals surface area (Å²) in [5.74, 6) is 1.66. The third kappa shape index (κ3) is 3.12. The fourth-order valence-corrected chi connectivity index (χ4v) is 2.00. The Bertz CT molecular complexity index is 419. The quantitative estimate of drug-likeness (QED) is 0.784. The molecule has 98 valence electrons. The molecule has 1 aliphatic heterocycles. The summed E-state index contributed by atoms with van der Waals surface area (Å²) in [5, 5.41) is 6.34. The van der Waals surface area contributed by atoms with Crippen molar-refractivity contribution in [2.75, 3.05) is 20.6 Å². The van der Waals surface area contributed by atoms with Crippen LogP contribution < -0.4 is 10.6 Å². The summed E-state index contributed by atoms with van der Waals surface area (Å²) in [5.41, 5.74) is 1.41. The Hall–Kier alpha value is -1.78. The molecule has 2 rings (SSSR count). The van der Waals surface area contributed by atoms with Crippen molar-refractivity contribution in [2.24, 2.45) is 9.98 Å². The Kier molecular flexibility index (Phi) is 4.02. The van der Waals surface area contributed by atoms with Crippen molar-refractivity contribution in [2.45, 2.75) is 25.9 Å². The summed E-state index contributed by atoms with van der Waals surface area (Å²) < 4.78 is 0. The van der Waals surface area contributed by atoms with Gasteiger partial charge in [-0.25, -0.2) is 4.99 Å². The zero-order chi connectivity index (χ0) is 13.0. The minimum absolute atomic E-state index is 0.0630. The highest BCUT2D eigenvalue weighted by Crippen LogP contribution is 2.13. The second-order valence-electron chi connectivity index (χ2n) is 4.56. The minimum atomic E-state index is 0.0630. The highest BCUT2D eigenvalue weighted by molar-refractivity contribution is 6.00. The van der Waals surface area contributed by atoms with E-state index in [0.717, 1.165) is 31.3 Å². The molecule has 0 radical (unpaired) electrons. The molecule has 5 nitrogen and oxygen atoms in total. The number of allylic oxidation sites excluding steroid dienone is 3. The number of nitrogens with one attached hydrogen (secondary N) is 2. The van der Waals surface area contributed by atoms with E-state index in [1.165, 1.54) is 5.57 Å². The predicted molar refractivity (Wildman–Crippen MR) is 75.6 cm³/mol.